The summed E-state index contributed by atoms with van der Waals surface area (Å²) in [7, 11) is 0. The molecule has 1 aromatic rings. The molecule has 1 N–H and O–H groups in total. The molecule has 1 aliphatic heterocycles. The summed E-state index contributed by atoms with van der Waals surface area (Å²) >= 11 is 0. The molecular weight excluding hydrogens is 184 g/mol. The molecule has 78 valence electrons. The Morgan fingerprint density at radius 1 is 1.20 bits per heavy atom. The SMILES string of the molecule is CC1(C)CC(Nc2ccccc2)=CC=N1. The zero-order valence-corrected chi connectivity index (χ0v) is 9.20. The molecule has 15 heavy (non-hydrogen) atoms. The standard InChI is InChI=1S/C13H16N2/c1-13(2)10-12(8-9-14-13)15-11-6-4-3-5-7-11/h3-9,15H,10H2,1-2H3. The second-order valence-corrected chi connectivity index (χ2v) is 4.45. The van der Waals surface area contributed by atoms with E-state index in [0.717, 1.165) is 12.1 Å². The molecule has 0 amide bonds. The fraction of sp³-hybridized carbons (Fsp3) is 0.308. The van der Waals surface area contributed by atoms with Crippen LogP contribution in [0.5, 0.6) is 0 Å². The fourth-order valence-corrected chi connectivity index (χ4v) is 1.69. The van der Waals surface area contributed by atoms with Crippen molar-refractivity contribution in [2.24, 2.45) is 4.99 Å². The van der Waals surface area contributed by atoms with Crippen molar-refractivity contribution in [3.05, 3.63) is 42.1 Å². The van der Waals surface area contributed by atoms with E-state index in [-0.39, 0.29) is 5.54 Å². The average Bonchev–Trinajstić information content (AvgIpc) is 2.17. The third-order valence-corrected chi connectivity index (χ3v) is 2.40. The number of para-hydroxylation sites is 1. The number of benzene rings is 1. The minimum Gasteiger partial charge on any atom is -0.359 e. The van der Waals surface area contributed by atoms with E-state index in [1.54, 1.807) is 0 Å². The molecule has 0 atom stereocenters. The zero-order valence-electron chi connectivity index (χ0n) is 9.20. The molecule has 1 heterocycles. The van der Waals surface area contributed by atoms with Crippen LogP contribution >= 0.6 is 0 Å². The average molecular weight is 200 g/mol. The highest BCUT2D eigenvalue weighted by molar-refractivity contribution is 5.75. The summed E-state index contributed by atoms with van der Waals surface area (Å²) < 4.78 is 0. The smallest absolute Gasteiger partial charge is 0.0606 e. The predicted octanol–water partition coefficient (Wildman–Crippen LogP) is 3.24. The van der Waals surface area contributed by atoms with Crippen molar-refractivity contribution in [2.75, 3.05) is 5.32 Å². The van der Waals surface area contributed by atoms with Gasteiger partial charge in [-0.1, -0.05) is 18.2 Å². The van der Waals surface area contributed by atoms with Crippen molar-refractivity contribution in [3.8, 4) is 0 Å². The van der Waals surface area contributed by atoms with Crippen LogP contribution in [-0.4, -0.2) is 11.8 Å². The van der Waals surface area contributed by atoms with Gasteiger partial charge in [-0.25, -0.2) is 0 Å². The van der Waals surface area contributed by atoms with E-state index >= 15 is 0 Å². The van der Waals surface area contributed by atoms with E-state index in [0.29, 0.717) is 0 Å². The molecule has 0 aliphatic carbocycles. The molecule has 0 fully saturated rings. The first kappa shape index (κ1) is 9.97. The molecular formula is C13H16N2. The van der Waals surface area contributed by atoms with E-state index in [1.165, 1.54) is 5.70 Å². The summed E-state index contributed by atoms with van der Waals surface area (Å²) in [6.45, 7) is 4.28. The van der Waals surface area contributed by atoms with Crippen LogP contribution < -0.4 is 5.32 Å². The summed E-state index contributed by atoms with van der Waals surface area (Å²) in [5, 5.41) is 3.41. The minimum atomic E-state index is 0.0197. The first-order valence-corrected chi connectivity index (χ1v) is 5.22. The Bertz CT molecular complexity index is 388. The van der Waals surface area contributed by atoms with Crippen molar-refractivity contribution in [1.29, 1.82) is 0 Å². The normalized spacial score (nSPS) is 18.4. The van der Waals surface area contributed by atoms with E-state index in [4.69, 9.17) is 0 Å². The van der Waals surface area contributed by atoms with Crippen LogP contribution in [0.25, 0.3) is 0 Å². The van der Waals surface area contributed by atoms with Crippen LogP contribution in [-0.2, 0) is 0 Å². The number of nitrogens with one attached hydrogen (secondary N) is 1. The molecule has 0 saturated carbocycles. The van der Waals surface area contributed by atoms with Crippen LogP contribution in [0, 0.1) is 0 Å². The van der Waals surface area contributed by atoms with Gasteiger partial charge in [-0.2, -0.15) is 0 Å². The summed E-state index contributed by atoms with van der Waals surface area (Å²) in [5.74, 6) is 0. The summed E-state index contributed by atoms with van der Waals surface area (Å²) in [6, 6.07) is 10.2. The maximum atomic E-state index is 4.41. The highest BCUT2D eigenvalue weighted by Crippen LogP contribution is 2.24. The summed E-state index contributed by atoms with van der Waals surface area (Å²) in [5.41, 5.74) is 2.38. The second-order valence-electron chi connectivity index (χ2n) is 4.45. The van der Waals surface area contributed by atoms with Gasteiger partial charge in [-0.15, -0.1) is 0 Å². The Labute approximate surface area is 90.7 Å². The quantitative estimate of drug-likeness (QED) is 0.778. The van der Waals surface area contributed by atoms with Crippen LogP contribution in [0.15, 0.2) is 47.1 Å². The Balaban J connectivity index is 2.08. The molecule has 2 rings (SSSR count). The van der Waals surface area contributed by atoms with Gasteiger partial charge in [-0.3, -0.25) is 4.99 Å². The monoisotopic (exact) mass is 200 g/mol. The van der Waals surface area contributed by atoms with Gasteiger partial charge >= 0.3 is 0 Å². The van der Waals surface area contributed by atoms with Crippen LogP contribution in [0.2, 0.25) is 0 Å². The molecule has 0 unspecified atom stereocenters. The Morgan fingerprint density at radius 2 is 1.93 bits per heavy atom. The van der Waals surface area contributed by atoms with Crippen LogP contribution in [0.3, 0.4) is 0 Å². The van der Waals surface area contributed by atoms with E-state index < -0.39 is 0 Å². The number of dihydropyridines is 1. The molecule has 1 aromatic carbocycles. The lowest BCUT2D eigenvalue weighted by Crippen LogP contribution is -2.23. The Kier molecular flexibility index (Phi) is 2.58. The molecule has 0 radical (unpaired) electrons. The topological polar surface area (TPSA) is 24.4 Å². The fourth-order valence-electron chi connectivity index (χ4n) is 1.69. The zero-order chi connectivity index (χ0) is 10.7. The van der Waals surface area contributed by atoms with Gasteiger partial charge in [0, 0.05) is 24.0 Å². The highest BCUT2D eigenvalue weighted by Gasteiger charge is 2.19. The Morgan fingerprint density at radius 3 is 2.60 bits per heavy atom. The molecule has 0 saturated heterocycles. The third kappa shape index (κ3) is 2.69. The summed E-state index contributed by atoms with van der Waals surface area (Å²) in [4.78, 5) is 4.41. The first-order chi connectivity index (χ1) is 7.16. The van der Waals surface area contributed by atoms with Crippen molar-refractivity contribution >= 4 is 11.9 Å². The lowest BCUT2D eigenvalue weighted by molar-refractivity contribution is 0.517. The molecule has 0 spiro atoms. The van der Waals surface area contributed by atoms with Gasteiger partial charge in [0.05, 0.1) is 5.54 Å². The maximum Gasteiger partial charge on any atom is 0.0606 e. The first-order valence-electron chi connectivity index (χ1n) is 5.22. The lowest BCUT2D eigenvalue weighted by atomic mass is 9.97. The number of allylic oxidation sites excluding steroid dienone is 1. The molecule has 0 aromatic heterocycles. The number of rotatable bonds is 2. The lowest BCUT2D eigenvalue weighted by Gasteiger charge is -2.25. The number of hydrogen-bond donors (Lipinski definition) is 1. The minimum absolute atomic E-state index is 0.0197. The third-order valence-electron chi connectivity index (χ3n) is 2.40. The van der Waals surface area contributed by atoms with Crippen molar-refractivity contribution in [1.82, 2.24) is 0 Å². The molecule has 2 heteroatoms. The number of nitrogens with zero attached hydrogens (tertiary/aromatic N) is 1. The van der Waals surface area contributed by atoms with Gasteiger partial charge in [0.25, 0.3) is 0 Å². The number of hydrogen-bond acceptors (Lipinski definition) is 2. The van der Waals surface area contributed by atoms with E-state index in [2.05, 4.69) is 36.3 Å². The van der Waals surface area contributed by atoms with Gasteiger partial charge < -0.3 is 5.32 Å². The van der Waals surface area contributed by atoms with Crippen LogP contribution in [0.4, 0.5) is 5.69 Å². The van der Waals surface area contributed by atoms with Crippen LogP contribution in [0.1, 0.15) is 20.3 Å². The maximum absolute atomic E-state index is 4.41. The molecule has 0 bridgehead atoms. The Hall–Kier alpha value is -1.57. The molecule has 2 nitrogen and oxygen atoms in total. The largest absolute Gasteiger partial charge is 0.359 e. The second kappa shape index (κ2) is 3.89. The van der Waals surface area contributed by atoms with Crippen molar-refractivity contribution < 1.29 is 0 Å². The van der Waals surface area contributed by atoms with E-state index in [9.17, 15) is 0 Å². The molecule has 1 aliphatic rings. The van der Waals surface area contributed by atoms with Gasteiger partial charge in [0.15, 0.2) is 0 Å². The van der Waals surface area contributed by atoms with Gasteiger partial charge in [0.1, 0.15) is 0 Å². The summed E-state index contributed by atoms with van der Waals surface area (Å²) in [6.07, 6.45) is 4.88. The van der Waals surface area contributed by atoms with E-state index in [1.807, 2.05) is 30.5 Å². The highest BCUT2D eigenvalue weighted by atomic mass is 14.9. The van der Waals surface area contributed by atoms with Gasteiger partial charge in [0.2, 0.25) is 0 Å². The predicted molar refractivity (Wildman–Crippen MR) is 65.3 cm³/mol. The van der Waals surface area contributed by atoms with Gasteiger partial charge in [-0.05, 0) is 32.1 Å². The van der Waals surface area contributed by atoms with Crippen molar-refractivity contribution in [2.45, 2.75) is 25.8 Å². The number of anilines is 1. The van der Waals surface area contributed by atoms with Crippen molar-refractivity contribution in [3.63, 3.8) is 0 Å². The number of aliphatic imine (C=N–C) groups is 1.